The van der Waals surface area contributed by atoms with E-state index in [-0.39, 0.29) is 16.0 Å². The van der Waals surface area contributed by atoms with E-state index in [4.69, 9.17) is 9.97 Å². The summed E-state index contributed by atoms with van der Waals surface area (Å²) in [6.45, 7) is 0. The van der Waals surface area contributed by atoms with E-state index in [1.54, 1.807) is 27.0 Å². The number of hydrogen-bond acceptors (Lipinski definition) is 6. The molecule has 2 aliphatic carbocycles. The quantitative estimate of drug-likeness (QED) is 0.283. The molecular formula is C36H22N4O4S. The van der Waals surface area contributed by atoms with Gasteiger partial charge in [-0.25, -0.2) is 18.4 Å². The Bertz CT molecular complexity index is 2960. The summed E-state index contributed by atoms with van der Waals surface area (Å²) in [4.78, 5) is 37.5. The van der Waals surface area contributed by atoms with Gasteiger partial charge in [-0.3, -0.25) is 18.4 Å². The van der Waals surface area contributed by atoms with Crippen LogP contribution >= 0.6 is 0 Å². The van der Waals surface area contributed by atoms with Crippen LogP contribution in [0.2, 0.25) is 0 Å². The van der Waals surface area contributed by atoms with Crippen LogP contribution < -0.4 is 16.3 Å². The van der Waals surface area contributed by atoms with Gasteiger partial charge in [0.1, 0.15) is 11.3 Å². The van der Waals surface area contributed by atoms with Crippen LogP contribution in [0.25, 0.3) is 61.0 Å². The average Bonchev–Trinajstić information content (AvgIpc) is 3.65. The fraction of sp³-hybridized carbons (Fsp3) is 0.111. The van der Waals surface area contributed by atoms with E-state index in [9.17, 15) is 18.0 Å². The van der Waals surface area contributed by atoms with Crippen LogP contribution in [0.15, 0.2) is 105 Å². The van der Waals surface area contributed by atoms with Gasteiger partial charge in [0.05, 0.1) is 32.2 Å². The molecule has 0 N–H and O–H groups in total. The Kier molecular flexibility index (Phi) is 4.66. The van der Waals surface area contributed by atoms with Gasteiger partial charge < -0.3 is 0 Å². The standard InChI is InChI=1S/C36H22N4O4S/c41-35-23-15-17-29(19-7-5-9-21(31(19)23)33-37-25-11-1-3-13-27(25)39(33)35)45(43,44)30-18-16-24-32-20(30)8-6-10-22(32)34-38-26-12-2-4-14-28(26)40(34)36(24)42/h1-15,17,20,30H,16,18H2. The van der Waals surface area contributed by atoms with Gasteiger partial charge in [-0.1, -0.05) is 60.7 Å². The summed E-state index contributed by atoms with van der Waals surface area (Å²) in [6, 6.07) is 23.8. The maximum Gasteiger partial charge on any atom is 0.264 e. The minimum Gasteiger partial charge on any atom is -0.269 e. The zero-order valence-corrected chi connectivity index (χ0v) is 24.5. The van der Waals surface area contributed by atoms with Gasteiger partial charge in [-0.05, 0) is 54.8 Å². The summed E-state index contributed by atoms with van der Waals surface area (Å²) in [5.41, 5.74) is 5.00. The number of rotatable bonds is 2. The van der Waals surface area contributed by atoms with Gasteiger partial charge in [0, 0.05) is 38.2 Å². The number of aromatic nitrogens is 4. The molecule has 8 aromatic rings. The summed E-state index contributed by atoms with van der Waals surface area (Å²) in [6.07, 6.45) is 6.37. The van der Waals surface area contributed by atoms with Crippen LogP contribution in [0.4, 0.5) is 0 Å². The fourth-order valence-electron chi connectivity index (χ4n) is 7.91. The van der Waals surface area contributed by atoms with Gasteiger partial charge >= 0.3 is 0 Å². The maximum atomic E-state index is 14.8. The number of fused-ring (bicyclic) bond motifs is 8. The second-order valence-corrected chi connectivity index (χ2v) is 14.1. The molecule has 4 aromatic heterocycles. The third-order valence-corrected chi connectivity index (χ3v) is 12.1. The Hall–Kier alpha value is -5.41. The Labute approximate surface area is 254 Å². The first-order chi connectivity index (χ1) is 21.9. The van der Waals surface area contributed by atoms with Crippen LogP contribution in [-0.4, -0.2) is 32.4 Å². The monoisotopic (exact) mass is 606 g/mol. The Morgan fingerprint density at radius 2 is 1.40 bits per heavy atom. The second-order valence-electron chi connectivity index (χ2n) is 12.0. The van der Waals surface area contributed by atoms with Crippen LogP contribution in [0.1, 0.15) is 23.5 Å². The highest BCUT2D eigenvalue weighted by Crippen LogP contribution is 2.41. The molecule has 2 atom stereocenters. The van der Waals surface area contributed by atoms with Crippen molar-refractivity contribution in [3.8, 4) is 0 Å². The Balaban J connectivity index is 1.21. The smallest absolute Gasteiger partial charge is 0.264 e. The van der Waals surface area contributed by atoms with Crippen LogP contribution in [0.5, 0.6) is 0 Å². The number of benzene rings is 4. The van der Waals surface area contributed by atoms with Crippen molar-refractivity contribution in [3.05, 3.63) is 128 Å². The maximum absolute atomic E-state index is 14.8. The summed E-state index contributed by atoms with van der Waals surface area (Å²) in [5, 5.41) is 2.29. The van der Waals surface area contributed by atoms with Crippen molar-refractivity contribution >= 4 is 70.8 Å². The molecule has 0 aliphatic heterocycles. The lowest BCUT2D eigenvalue weighted by Crippen LogP contribution is -2.41. The third-order valence-electron chi connectivity index (χ3n) is 9.81. The number of imidazole rings is 2. The number of nitrogens with zero attached hydrogens (tertiary/aromatic N) is 4. The molecule has 4 heterocycles. The van der Waals surface area contributed by atoms with Crippen molar-refractivity contribution in [2.45, 2.75) is 28.9 Å². The number of para-hydroxylation sites is 4. The van der Waals surface area contributed by atoms with Crippen molar-refractivity contribution in [3.63, 3.8) is 0 Å². The highest BCUT2D eigenvalue weighted by atomic mass is 32.2. The van der Waals surface area contributed by atoms with Crippen molar-refractivity contribution in [2.75, 3.05) is 0 Å². The molecule has 0 spiro atoms. The highest BCUT2D eigenvalue weighted by Gasteiger charge is 2.41. The molecule has 8 nitrogen and oxygen atoms in total. The molecule has 2 aliphatic rings. The molecule has 45 heavy (non-hydrogen) atoms. The molecule has 10 rings (SSSR count). The summed E-state index contributed by atoms with van der Waals surface area (Å²) in [7, 11) is -3.94. The lowest BCUT2D eigenvalue weighted by Gasteiger charge is -2.33. The first-order valence-electron chi connectivity index (χ1n) is 14.9. The normalized spacial score (nSPS) is 18.0. The van der Waals surface area contributed by atoms with Crippen LogP contribution in [0.3, 0.4) is 0 Å². The molecule has 0 saturated heterocycles. The van der Waals surface area contributed by atoms with Gasteiger partial charge in [0.25, 0.3) is 11.1 Å². The summed E-state index contributed by atoms with van der Waals surface area (Å²) in [5.74, 6) is -0.507. The molecule has 0 amide bonds. The predicted octanol–water partition coefficient (Wildman–Crippen LogP) is 4.69. The lowest BCUT2D eigenvalue weighted by atomic mass is 9.80. The van der Waals surface area contributed by atoms with Crippen molar-refractivity contribution in [2.24, 2.45) is 0 Å². The molecule has 0 fully saturated rings. The van der Waals surface area contributed by atoms with Crippen molar-refractivity contribution < 1.29 is 8.42 Å². The molecule has 0 radical (unpaired) electrons. The van der Waals surface area contributed by atoms with Gasteiger partial charge in [0.15, 0.2) is 9.84 Å². The first kappa shape index (κ1) is 25.0. The lowest BCUT2D eigenvalue weighted by molar-refractivity contribution is 0.543. The van der Waals surface area contributed by atoms with Crippen molar-refractivity contribution in [1.29, 1.82) is 0 Å². The molecule has 0 bridgehead atoms. The molecular weight excluding hydrogens is 584 g/mol. The zero-order valence-electron chi connectivity index (χ0n) is 23.6. The van der Waals surface area contributed by atoms with E-state index in [1.807, 2.05) is 78.9 Å². The molecule has 0 saturated carbocycles. The number of pyridine rings is 2. The minimum atomic E-state index is -3.94. The van der Waals surface area contributed by atoms with Crippen LogP contribution in [-0.2, 0) is 16.3 Å². The van der Waals surface area contributed by atoms with Crippen LogP contribution in [0, 0.1) is 0 Å². The van der Waals surface area contributed by atoms with E-state index in [2.05, 4.69) is 0 Å². The summed E-state index contributed by atoms with van der Waals surface area (Å²) < 4.78 is 32.8. The minimum absolute atomic E-state index is 0.134. The molecule has 9 heteroatoms. The molecule has 2 unspecified atom stereocenters. The number of allylic oxidation sites excluding steroid dienone is 2. The van der Waals surface area contributed by atoms with E-state index < -0.39 is 21.0 Å². The Morgan fingerprint density at radius 1 is 0.711 bits per heavy atom. The van der Waals surface area contributed by atoms with E-state index >= 15 is 0 Å². The largest absolute Gasteiger partial charge is 0.269 e. The third kappa shape index (κ3) is 3.03. The van der Waals surface area contributed by atoms with Gasteiger partial charge in [0.2, 0.25) is 0 Å². The number of hydrogen-bond donors (Lipinski definition) is 0. The van der Waals surface area contributed by atoms with E-state index in [1.165, 1.54) is 0 Å². The summed E-state index contributed by atoms with van der Waals surface area (Å²) >= 11 is 0. The highest BCUT2D eigenvalue weighted by molar-refractivity contribution is 7.92. The van der Waals surface area contributed by atoms with E-state index in [0.717, 1.165) is 27.2 Å². The van der Waals surface area contributed by atoms with Gasteiger partial charge in [-0.15, -0.1) is 0 Å². The average molecular weight is 607 g/mol. The molecule has 4 aromatic carbocycles. The predicted molar refractivity (Wildman–Crippen MR) is 175 cm³/mol. The zero-order chi connectivity index (χ0) is 30.2. The van der Waals surface area contributed by atoms with Gasteiger partial charge in [-0.2, -0.15) is 0 Å². The Morgan fingerprint density at radius 3 is 2.18 bits per heavy atom. The van der Waals surface area contributed by atoms with Crippen molar-refractivity contribution in [1.82, 2.24) is 18.8 Å². The number of sulfone groups is 1. The fourth-order valence-corrected chi connectivity index (χ4v) is 10.0. The topological polar surface area (TPSA) is 103 Å². The second kappa shape index (κ2) is 8.40. The van der Waals surface area contributed by atoms with E-state index in [0.29, 0.717) is 56.9 Å². The first-order valence-corrected chi connectivity index (χ1v) is 16.4. The SMILES string of the molecule is O=c1c2c3c(c4nc5ccccc5n14)=CC=CC3C(S(=O)(=O)c1ccc3c(=O)n4c5ccccc5nc4c4cccc1c34)CC2. The molecule has 216 valence electrons.